The molecule has 1 heterocycles. The zero-order chi connectivity index (χ0) is 14.5. The van der Waals surface area contributed by atoms with Crippen molar-refractivity contribution in [3.8, 4) is 0 Å². The minimum atomic E-state index is -0.00731. The molecule has 106 valence electrons. The van der Waals surface area contributed by atoms with E-state index in [1.54, 1.807) is 18.2 Å². The average Bonchev–Trinajstić information content (AvgIpc) is 2.98. The quantitative estimate of drug-likeness (QED) is 0.839. The molecule has 2 aromatic rings. The summed E-state index contributed by atoms with van der Waals surface area (Å²) in [5, 5.41) is 0. The predicted octanol–water partition coefficient (Wildman–Crippen LogP) is 3.01. The predicted molar refractivity (Wildman–Crippen MR) is 79.9 cm³/mol. The van der Waals surface area contributed by atoms with Crippen LogP contribution in [0.1, 0.15) is 23.0 Å². The van der Waals surface area contributed by atoms with E-state index in [0.29, 0.717) is 12.1 Å². The largest absolute Gasteiger partial charge is 0.467 e. The van der Waals surface area contributed by atoms with Crippen LogP contribution in [0.25, 0.3) is 0 Å². The molecule has 1 aromatic heterocycles. The van der Waals surface area contributed by atoms with Gasteiger partial charge >= 0.3 is 0 Å². The molecule has 0 N–H and O–H groups in total. The molecule has 4 heteroatoms. The monoisotopic (exact) mass is 272 g/mol. The summed E-state index contributed by atoms with van der Waals surface area (Å²) in [5.41, 5.74) is 1.80. The summed E-state index contributed by atoms with van der Waals surface area (Å²) in [7, 11) is 3.80. The Balaban J connectivity index is 2.05. The molecule has 0 atom stereocenters. The summed E-state index contributed by atoms with van der Waals surface area (Å²) in [4.78, 5) is 16.1. The first kappa shape index (κ1) is 14.2. The molecule has 2 rings (SSSR count). The van der Waals surface area contributed by atoms with Crippen molar-refractivity contribution >= 4 is 11.6 Å². The van der Waals surface area contributed by atoms with Gasteiger partial charge in [0.2, 0.25) is 0 Å². The lowest BCUT2D eigenvalue weighted by atomic mass is 10.1. The number of anilines is 1. The number of benzene rings is 1. The van der Waals surface area contributed by atoms with E-state index in [1.807, 2.05) is 43.4 Å². The fraction of sp³-hybridized carbons (Fsp3) is 0.312. The van der Waals surface area contributed by atoms with Crippen molar-refractivity contribution in [1.82, 2.24) is 4.90 Å². The van der Waals surface area contributed by atoms with Crippen LogP contribution in [0.4, 0.5) is 5.69 Å². The fourth-order valence-corrected chi connectivity index (χ4v) is 1.97. The first-order chi connectivity index (χ1) is 9.61. The summed E-state index contributed by atoms with van der Waals surface area (Å²) < 4.78 is 5.25. The highest BCUT2D eigenvalue weighted by molar-refractivity contribution is 5.94. The molecule has 0 unspecified atom stereocenters. The minimum absolute atomic E-state index is 0.00731. The van der Waals surface area contributed by atoms with E-state index in [-0.39, 0.29) is 5.91 Å². The second kappa shape index (κ2) is 6.28. The van der Waals surface area contributed by atoms with Gasteiger partial charge in [-0.1, -0.05) is 0 Å². The van der Waals surface area contributed by atoms with Crippen molar-refractivity contribution in [2.24, 2.45) is 0 Å². The third-order valence-corrected chi connectivity index (χ3v) is 3.35. The molecule has 0 bridgehead atoms. The average molecular weight is 272 g/mol. The van der Waals surface area contributed by atoms with Crippen molar-refractivity contribution in [2.75, 3.05) is 25.5 Å². The molecule has 0 saturated heterocycles. The number of hydrogen-bond donors (Lipinski definition) is 0. The Kier molecular flexibility index (Phi) is 4.45. The zero-order valence-electron chi connectivity index (χ0n) is 12.2. The van der Waals surface area contributed by atoms with Crippen LogP contribution in [-0.2, 0) is 6.54 Å². The number of carbonyl (C=O) groups is 1. The lowest BCUT2D eigenvalue weighted by molar-refractivity contribution is 0.0775. The number of nitrogens with zero attached hydrogens (tertiary/aromatic N) is 2. The lowest BCUT2D eigenvalue weighted by Gasteiger charge is -2.18. The van der Waals surface area contributed by atoms with Gasteiger partial charge in [0.05, 0.1) is 12.8 Å². The van der Waals surface area contributed by atoms with Crippen molar-refractivity contribution in [1.29, 1.82) is 0 Å². The fourth-order valence-electron chi connectivity index (χ4n) is 1.97. The first-order valence-corrected chi connectivity index (χ1v) is 6.71. The van der Waals surface area contributed by atoms with Gasteiger partial charge in [0.25, 0.3) is 5.91 Å². The normalized spacial score (nSPS) is 10.3. The van der Waals surface area contributed by atoms with E-state index < -0.39 is 0 Å². The standard InChI is InChI=1S/C16H20N2O2/c1-4-17(2)14-9-7-13(8-10-14)16(19)18(3)12-15-6-5-11-20-15/h5-11H,4,12H2,1-3H3. The van der Waals surface area contributed by atoms with E-state index in [1.165, 1.54) is 0 Å². The van der Waals surface area contributed by atoms with Gasteiger partial charge in [-0.3, -0.25) is 4.79 Å². The second-order valence-corrected chi connectivity index (χ2v) is 4.80. The molecular formula is C16H20N2O2. The van der Waals surface area contributed by atoms with Crippen LogP contribution in [0, 0.1) is 0 Å². The van der Waals surface area contributed by atoms with E-state index in [4.69, 9.17) is 4.42 Å². The van der Waals surface area contributed by atoms with Crippen LogP contribution < -0.4 is 4.90 Å². The molecule has 0 radical (unpaired) electrons. The van der Waals surface area contributed by atoms with Gasteiger partial charge < -0.3 is 14.2 Å². The molecule has 0 spiro atoms. The van der Waals surface area contributed by atoms with Crippen molar-refractivity contribution in [3.63, 3.8) is 0 Å². The summed E-state index contributed by atoms with van der Waals surface area (Å²) in [5.74, 6) is 0.773. The maximum atomic E-state index is 12.3. The highest BCUT2D eigenvalue weighted by Gasteiger charge is 2.13. The first-order valence-electron chi connectivity index (χ1n) is 6.71. The van der Waals surface area contributed by atoms with E-state index in [9.17, 15) is 4.79 Å². The van der Waals surface area contributed by atoms with E-state index in [0.717, 1.165) is 18.0 Å². The van der Waals surface area contributed by atoms with Crippen LogP contribution >= 0.6 is 0 Å². The zero-order valence-corrected chi connectivity index (χ0v) is 12.2. The van der Waals surface area contributed by atoms with Crippen LogP contribution in [0.2, 0.25) is 0 Å². The molecule has 4 nitrogen and oxygen atoms in total. The smallest absolute Gasteiger partial charge is 0.254 e. The Morgan fingerprint density at radius 1 is 1.15 bits per heavy atom. The van der Waals surface area contributed by atoms with Crippen molar-refractivity contribution in [2.45, 2.75) is 13.5 Å². The van der Waals surface area contributed by atoms with Crippen molar-refractivity contribution in [3.05, 3.63) is 54.0 Å². The molecule has 1 aromatic carbocycles. The van der Waals surface area contributed by atoms with Gasteiger partial charge in [-0.2, -0.15) is 0 Å². The maximum absolute atomic E-state index is 12.3. The summed E-state index contributed by atoms with van der Waals surface area (Å²) in [6, 6.07) is 11.4. The Labute approximate surface area is 119 Å². The van der Waals surface area contributed by atoms with Crippen molar-refractivity contribution < 1.29 is 9.21 Å². The Morgan fingerprint density at radius 3 is 2.40 bits per heavy atom. The van der Waals surface area contributed by atoms with Gasteiger partial charge in [0, 0.05) is 31.9 Å². The van der Waals surface area contributed by atoms with Gasteiger partial charge in [-0.15, -0.1) is 0 Å². The molecule has 0 saturated carbocycles. The van der Waals surface area contributed by atoms with Crippen LogP contribution in [-0.4, -0.2) is 31.4 Å². The summed E-state index contributed by atoms with van der Waals surface area (Å²) in [6.45, 7) is 3.50. The van der Waals surface area contributed by atoms with Gasteiger partial charge in [-0.05, 0) is 43.3 Å². The molecule has 0 fully saturated rings. The van der Waals surface area contributed by atoms with Crippen LogP contribution in [0.15, 0.2) is 47.1 Å². The highest BCUT2D eigenvalue weighted by Crippen LogP contribution is 2.15. The topological polar surface area (TPSA) is 36.7 Å². The summed E-state index contributed by atoms with van der Waals surface area (Å²) in [6.07, 6.45) is 1.61. The second-order valence-electron chi connectivity index (χ2n) is 4.80. The molecule has 0 aliphatic rings. The maximum Gasteiger partial charge on any atom is 0.254 e. The number of rotatable bonds is 5. The highest BCUT2D eigenvalue weighted by atomic mass is 16.3. The number of hydrogen-bond acceptors (Lipinski definition) is 3. The van der Waals surface area contributed by atoms with Gasteiger partial charge in [0.1, 0.15) is 5.76 Å². The van der Waals surface area contributed by atoms with E-state index >= 15 is 0 Å². The third kappa shape index (κ3) is 3.20. The molecular weight excluding hydrogens is 252 g/mol. The molecule has 0 aliphatic heterocycles. The van der Waals surface area contributed by atoms with Gasteiger partial charge in [-0.25, -0.2) is 0 Å². The Hall–Kier alpha value is -2.23. The lowest BCUT2D eigenvalue weighted by Crippen LogP contribution is -2.26. The number of amides is 1. The van der Waals surface area contributed by atoms with Gasteiger partial charge in [0.15, 0.2) is 0 Å². The van der Waals surface area contributed by atoms with Crippen LogP contribution in [0.5, 0.6) is 0 Å². The number of furan rings is 1. The number of carbonyl (C=O) groups excluding carboxylic acids is 1. The minimum Gasteiger partial charge on any atom is -0.467 e. The van der Waals surface area contributed by atoms with Crippen LogP contribution in [0.3, 0.4) is 0 Å². The molecule has 20 heavy (non-hydrogen) atoms. The SMILES string of the molecule is CCN(C)c1ccc(C(=O)N(C)Cc2ccco2)cc1. The Morgan fingerprint density at radius 2 is 1.85 bits per heavy atom. The summed E-state index contributed by atoms with van der Waals surface area (Å²) >= 11 is 0. The molecule has 0 aliphatic carbocycles. The van der Waals surface area contributed by atoms with E-state index in [2.05, 4.69) is 11.8 Å². The molecule has 1 amide bonds. The Bertz CT molecular complexity index is 546. The third-order valence-electron chi connectivity index (χ3n) is 3.35.